The van der Waals surface area contributed by atoms with Crippen LogP contribution in [-0.2, 0) is 0 Å². The van der Waals surface area contributed by atoms with Gasteiger partial charge in [-0.05, 0) is 12.1 Å². The Morgan fingerprint density at radius 2 is 1.00 bits per heavy atom. The van der Waals surface area contributed by atoms with Crippen molar-refractivity contribution in [1.29, 1.82) is 0 Å². The molecule has 23 heavy (non-hydrogen) atoms. The van der Waals surface area contributed by atoms with Crippen LogP contribution in [0.4, 0.5) is 0 Å². The fourth-order valence-electron chi connectivity index (χ4n) is 2.64. The van der Waals surface area contributed by atoms with E-state index in [1.54, 1.807) is 0 Å². The minimum absolute atomic E-state index is 0.740. The summed E-state index contributed by atoms with van der Waals surface area (Å²) in [4.78, 5) is 9.70. The van der Waals surface area contributed by atoms with Gasteiger partial charge in [-0.15, -0.1) is 0 Å². The molecule has 0 saturated carbocycles. The zero-order valence-electron chi connectivity index (χ0n) is 12.5. The zero-order chi connectivity index (χ0) is 15.6. The van der Waals surface area contributed by atoms with E-state index in [0.29, 0.717) is 0 Å². The van der Waals surface area contributed by atoms with Crippen LogP contribution in [0, 0.1) is 0 Å². The Morgan fingerprint density at radius 1 is 0.522 bits per heavy atom. The zero-order valence-corrected chi connectivity index (χ0v) is 12.5. The Hall–Kier alpha value is -2.94. The molecule has 0 aliphatic heterocycles. The van der Waals surface area contributed by atoms with Crippen molar-refractivity contribution in [2.24, 2.45) is 0 Å². The van der Waals surface area contributed by atoms with Crippen molar-refractivity contribution < 1.29 is 0 Å². The van der Waals surface area contributed by atoms with Crippen LogP contribution in [0.25, 0.3) is 33.5 Å². The Labute approximate surface area is 136 Å². The van der Waals surface area contributed by atoms with E-state index in [-0.39, 0.29) is 0 Å². The van der Waals surface area contributed by atoms with Crippen molar-refractivity contribution in [3.63, 3.8) is 0 Å². The summed E-state index contributed by atoms with van der Waals surface area (Å²) >= 11 is 0. The van der Waals surface area contributed by atoms with Crippen LogP contribution >= 0.6 is 0 Å². The van der Waals surface area contributed by atoms with Crippen LogP contribution in [0.1, 0.15) is 0 Å². The van der Waals surface area contributed by atoms with Gasteiger partial charge in [-0.2, -0.15) is 0 Å². The highest BCUT2D eigenvalue weighted by molar-refractivity contribution is 6.32. The first-order valence-electron chi connectivity index (χ1n) is 7.49. The van der Waals surface area contributed by atoms with Gasteiger partial charge in [-0.1, -0.05) is 72.2 Å². The number of hydrogen-bond donors (Lipinski definition) is 0. The topological polar surface area (TPSA) is 25.8 Å². The van der Waals surface area contributed by atoms with Crippen LogP contribution in [-0.4, -0.2) is 17.8 Å². The second kappa shape index (κ2) is 5.69. The molecule has 4 rings (SSSR count). The van der Waals surface area contributed by atoms with E-state index in [4.69, 9.17) is 17.8 Å². The SMILES string of the molecule is [B]c1ccc(-c2nc3ccccc3nc2-c2ccccc2)cc1. The lowest BCUT2D eigenvalue weighted by atomic mass is 9.94. The predicted octanol–water partition coefficient (Wildman–Crippen LogP) is 3.76. The molecule has 0 saturated heterocycles. The third-order valence-corrected chi connectivity index (χ3v) is 3.80. The second-order valence-electron chi connectivity index (χ2n) is 5.40. The van der Waals surface area contributed by atoms with Crippen molar-refractivity contribution in [3.05, 3.63) is 78.9 Å². The number of aromatic nitrogens is 2. The van der Waals surface area contributed by atoms with Crippen molar-refractivity contribution >= 4 is 24.3 Å². The highest BCUT2D eigenvalue weighted by atomic mass is 14.8. The van der Waals surface area contributed by atoms with Gasteiger partial charge in [0.05, 0.1) is 22.4 Å². The third kappa shape index (κ3) is 2.62. The number of fused-ring (bicyclic) bond motifs is 1. The number of para-hydroxylation sites is 2. The van der Waals surface area contributed by atoms with Crippen LogP contribution in [0.15, 0.2) is 78.9 Å². The van der Waals surface area contributed by atoms with Gasteiger partial charge >= 0.3 is 0 Å². The highest BCUT2D eigenvalue weighted by Gasteiger charge is 2.12. The van der Waals surface area contributed by atoms with E-state index in [0.717, 1.165) is 39.0 Å². The minimum atomic E-state index is 0.740. The minimum Gasteiger partial charge on any atom is -0.244 e. The van der Waals surface area contributed by atoms with E-state index >= 15 is 0 Å². The molecule has 2 radical (unpaired) electrons. The summed E-state index contributed by atoms with van der Waals surface area (Å²) in [5, 5.41) is 0. The van der Waals surface area contributed by atoms with Gasteiger partial charge in [0.25, 0.3) is 0 Å². The molecular formula is C20H13BN2. The van der Waals surface area contributed by atoms with Crippen molar-refractivity contribution in [3.8, 4) is 22.5 Å². The van der Waals surface area contributed by atoms with Crippen molar-refractivity contribution in [1.82, 2.24) is 9.97 Å². The molecule has 0 bridgehead atoms. The lowest BCUT2D eigenvalue weighted by Gasteiger charge is -2.10. The molecule has 4 aromatic rings. The molecule has 0 atom stereocenters. The van der Waals surface area contributed by atoms with Crippen LogP contribution < -0.4 is 5.46 Å². The average molecular weight is 292 g/mol. The normalized spacial score (nSPS) is 10.8. The molecule has 0 aliphatic rings. The Bertz CT molecular complexity index is 964. The maximum absolute atomic E-state index is 5.81. The molecule has 0 spiro atoms. The van der Waals surface area contributed by atoms with Crippen LogP contribution in [0.2, 0.25) is 0 Å². The highest BCUT2D eigenvalue weighted by Crippen LogP contribution is 2.30. The van der Waals surface area contributed by atoms with Gasteiger partial charge in [0.15, 0.2) is 0 Å². The fraction of sp³-hybridized carbons (Fsp3) is 0. The Kier molecular flexibility index (Phi) is 3.39. The molecule has 0 aliphatic carbocycles. The maximum Gasteiger partial charge on any atom is 0.113 e. The summed E-state index contributed by atoms with van der Waals surface area (Å²) in [6.45, 7) is 0. The first-order valence-corrected chi connectivity index (χ1v) is 7.49. The quantitative estimate of drug-likeness (QED) is 0.526. The Morgan fingerprint density at radius 3 is 1.57 bits per heavy atom. The summed E-state index contributed by atoms with van der Waals surface area (Å²) in [7, 11) is 5.81. The number of benzene rings is 3. The summed E-state index contributed by atoms with van der Waals surface area (Å²) in [6.07, 6.45) is 0. The molecule has 3 heteroatoms. The number of nitrogens with zero attached hydrogens (tertiary/aromatic N) is 2. The van der Waals surface area contributed by atoms with Crippen molar-refractivity contribution in [2.75, 3.05) is 0 Å². The average Bonchev–Trinajstić information content (AvgIpc) is 2.62. The van der Waals surface area contributed by atoms with E-state index in [2.05, 4.69) is 12.1 Å². The Balaban J connectivity index is 2.02. The molecule has 106 valence electrons. The lowest BCUT2D eigenvalue weighted by molar-refractivity contribution is 1.29. The molecule has 1 aromatic heterocycles. The summed E-state index contributed by atoms with van der Waals surface area (Å²) < 4.78 is 0. The van der Waals surface area contributed by atoms with E-state index in [1.165, 1.54) is 0 Å². The largest absolute Gasteiger partial charge is 0.244 e. The number of rotatable bonds is 2. The van der Waals surface area contributed by atoms with E-state index < -0.39 is 0 Å². The first kappa shape index (κ1) is 13.7. The van der Waals surface area contributed by atoms with Crippen LogP contribution in [0.3, 0.4) is 0 Å². The number of hydrogen-bond acceptors (Lipinski definition) is 2. The molecule has 0 unspecified atom stereocenters. The molecule has 0 amide bonds. The molecule has 0 N–H and O–H groups in total. The smallest absolute Gasteiger partial charge is 0.113 e. The van der Waals surface area contributed by atoms with Crippen LogP contribution in [0.5, 0.6) is 0 Å². The van der Waals surface area contributed by atoms with Gasteiger partial charge in [-0.25, -0.2) is 9.97 Å². The van der Waals surface area contributed by atoms with Crippen molar-refractivity contribution in [2.45, 2.75) is 0 Å². The van der Waals surface area contributed by atoms with E-state index in [9.17, 15) is 0 Å². The molecule has 3 aromatic carbocycles. The summed E-state index contributed by atoms with van der Waals surface area (Å²) in [5.41, 5.74) is 6.34. The first-order chi connectivity index (χ1) is 11.3. The van der Waals surface area contributed by atoms with Gasteiger partial charge in [-0.3, -0.25) is 0 Å². The molecule has 2 nitrogen and oxygen atoms in total. The van der Waals surface area contributed by atoms with E-state index in [1.807, 2.05) is 66.7 Å². The lowest BCUT2D eigenvalue weighted by Crippen LogP contribution is -2.01. The van der Waals surface area contributed by atoms with Gasteiger partial charge in [0.2, 0.25) is 0 Å². The molecule has 1 heterocycles. The fourth-order valence-corrected chi connectivity index (χ4v) is 2.64. The summed E-state index contributed by atoms with van der Waals surface area (Å²) in [6, 6.07) is 25.8. The second-order valence-corrected chi connectivity index (χ2v) is 5.40. The third-order valence-electron chi connectivity index (χ3n) is 3.80. The predicted molar refractivity (Wildman–Crippen MR) is 95.8 cm³/mol. The molecular weight excluding hydrogens is 279 g/mol. The standard InChI is InChI=1S/C20H13BN2/c21-16-12-10-15(11-13-16)20-19(14-6-2-1-3-7-14)22-17-8-4-5-9-18(17)23-20/h1-13H. The maximum atomic E-state index is 5.81. The van der Waals surface area contributed by atoms with Gasteiger partial charge < -0.3 is 0 Å². The molecule has 0 fully saturated rings. The van der Waals surface area contributed by atoms with Gasteiger partial charge in [0.1, 0.15) is 7.85 Å². The van der Waals surface area contributed by atoms with Gasteiger partial charge in [0, 0.05) is 11.1 Å². The monoisotopic (exact) mass is 292 g/mol. The summed E-state index contributed by atoms with van der Waals surface area (Å²) in [5.74, 6) is 0.